The molecule has 0 spiro atoms. The van der Waals surface area contributed by atoms with Crippen LogP contribution >= 0.6 is 0 Å². The summed E-state index contributed by atoms with van der Waals surface area (Å²) >= 11 is 0. The normalized spacial score (nSPS) is 14.9. The first kappa shape index (κ1) is 27.7. The molecule has 4 N–H and O–H groups in total. The average molecular weight is 409 g/mol. The molecule has 0 aliphatic carbocycles. The summed E-state index contributed by atoms with van der Waals surface area (Å²) in [7, 11) is 0. The number of unbranched alkanes of at least 4 members (excludes halogenated alkanes) is 9. The molecule has 0 bridgehead atoms. The van der Waals surface area contributed by atoms with Crippen molar-refractivity contribution in [2.45, 2.75) is 89.4 Å². The molecular formula is C21H44O7. The Balaban J connectivity index is 3.77. The van der Waals surface area contributed by atoms with Gasteiger partial charge in [0.1, 0.15) is 18.3 Å². The molecule has 0 heterocycles. The third-order valence-corrected chi connectivity index (χ3v) is 4.50. The van der Waals surface area contributed by atoms with E-state index >= 15 is 0 Å². The van der Waals surface area contributed by atoms with E-state index in [4.69, 9.17) is 24.4 Å². The Kier molecular flexibility index (Phi) is 21.2. The van der Waals surface area contributed by atoms with E-state index in [0.29, 0.717) is 6.61 Å². The standard InChI is InChI=1S/C21H44O7/c1-2-3-4-5-6-7-8-9-10-11-12-28-21(17-26-15-19(24)13-22)18-27-16-20(25)14-23/h19-25H,2-18H2,1H3. The molecule has 0 aromatic rings. The van der Waals surface area contributed by atoms with Gasteiger partial charge in [0.15, 0.2) is 0 Å². The molecule has 0 saturated heterocycles. The Hall–Kier alpha value is -0.280. The summed E-state index contributed by atoms with van der Waals surface area (Å²) in [6.45, 7) is 2.71. The summed E-state index contributed by atoms with van der Waals surface area (Å²) in [6.07, 6.45) is 10.5. The second-order valence-electron chi connectivity index (χ2n) is 7.42. The van der Waals surface area contributed by atoms with E-state index in [1.807, 2.05) is 0 Å². The highest BCUT2D eigenvalue weighted by molar-refractivity contribution is 4.59. The van der Waals surface area contributed by atoms with Crippen LogP contribution in [0, 0.1) is 0 Å². The lowest BCUT2D eigenvalue weighted by atomic mass is 10.1. The molecule has 28 heavy (non-hydrogen) atoms. The van der Waals surface area contributed by atoms with Crippen LogP contribution in [0.25, 0.3) is 0 Å². The molecule has 7 heteroatoms. The van der Waals surface area contributed by atoms with Crippen molar-refractivity contribution < 1.29 is 34.6 Å². The molecule has 0 aliphatic rings. The third kappa shape index (κ3) is 19.1. The molecule has 0 fully saturated rings. The van der Waals surface area contributed by atoms with E-state index in [9.17, 15) is 10.2 Å². The molecule has 2 unspecified atom stereocenters. The van der Waals surface area contributed by atoms with E-state index in [2.05, 4.69) is 6.92 Å². The number of aliphatic hydroxyl groups excluding tert-OH is 4. The molecule has 2 atom stereocenters. The molecule has 170 valence electrons. The van der Waals surface area contributed by atoms with E-state index in [0.717, 1.165) is 12.8 Å². The van der Waals surface area contributed by atoms with Crippen LogP contribution in [0.4, 0.5) is 0 Å². The first-order valence-corrected chi connectivity index (χ1v) is 11.0. The lowest BCUT2D eigenvalue weighted by molar-refractivity contribution is -0.0879. The van der Waals surface area contributed by atoms with Crippen molar-refractivity contribution in [2.75, 3.05) is 46.2 Å². The first-order valence-electron chi connectivity index (χ1n) is 11.0. The number of aliphatic hydroxyl groups is 4. The van der Waals surface area contributed by atoms with Crippen molar-refractivity contribution in [1.29, 1.82) is 0 Å². The van der Waals surface area contributed by atoms with Gasteiger partial charge < -0.3 is 34.6 Å². The number of ether oxygens (including phenoxy) is 3. The second kappa shape index (κ2) is 21.4. The lowest BCUT2D eigenvalue weighted by Crippen LogP contribution is -2.31. The minimum Gasteiger partial charge on any atom is -0.394 e. The van der Waals surface area contributed by atoms with Crippen molar-refractivity contribution in [1.82, 2.24) is 0 Å². The smallest absolute Gasteiger partial charge is 0.104 e. The Morgan fingerprint density at radius 3 is 1.46 bits per heavy atom. The van der Waals surface area contributed by atoms with Gasteiger partial charge in [-0.15, -0.1) is 0 Å². The topological polar surface area (TPSA) is 109 Å². The van der Waals surface area contributed by atoms with Crippen molar-refractivity contribution in [3.05, 3.63) is 0 Å². The van der Waals surface area contributed by atoms with Crippen LogP contribution in [-0.2, 0) is 14.2 Å². The maximum Gasteiger partial charge on any atom is 0.104 e. The summed E-state index contributed by atoms with van der Waals surface area (Å²) in [5.74, 6) is 0. The lowest BCUT2D eigenvalue weighted by Gasteiger charge is -2.20. The summed E-state index contributed by atoms with van der Waals surface area (Å²) in [6, 6.07) is 0. The van der Waals surface area contributed by atoms with E-state index in [1.54, 1.807) is 0 Å². The minimum atomic E-state index is -0.903. The predicted molar refractivity (Wildman–Crippen MR) is 109 cm³/mol. The highest BCUT2D eigenvalue weighted by atomic mass is 16.6. The summed E-state index contributed by atoms with van der Waals surface area (Å²) in [5.41, 5.74) is 0. The van der Waals surface area contributed by atoms with Gasteiger partial charge in [0, 0.05) is 6.61 Å². The minimum absolute atomic E-state index is 0.0356. The molecule has 0 rings (SSSR count). The molecule has 0 saturated carbocycles. The Bertz CT molecular complexity index is 288. The van der Waals surface area contributed by atoms with E-state index < -0.39 is 12.2 Å². The molecule has 0 amide bonds. The fraction of sp³-hybridized carbons (Fsp3) is 1.00. The van der Waals surface area contributed by atoms with Crippen LogP contribution in [0.15, 0.2) is 0 Å². The molecule has 7 nitrogen and oxygen atoms in total. The van der Waals surface area contributed by atoms with Gasteiger partial charge in [-0.1, -0.05) is 64.7 Å². The molecule has 0 aromatic carbocycles. The third-order valence-electron chi connectivity index (χ3n) is 4.50. The quantitative estimate of drug-likeness (QED) is 0.203. The zero-order valence-electron chi connectivity index (χ0n) is 17.8. The van der Waals surface area contributed by atoms with Gasteiger partial charge in [-0.05, 0) is 6.42 Å². The van der Waals surface area contributed by atoms with Crippen LogP contribution in [0.5, 0.6) is 0 Å². The Labute approximate surface area is 171 Å². The molecule has 0 aliphatic heterocycles. The SMILES string of the molecule is CCCCCCCCCCCCOC(COCC(O)CO)COCC(O)CO. The summed E-state index contributed by atoms with van der Waals surface area (Å²) in [5, 5.41) is 36.3. The van der Waals surface area contributed by atoms with Gasteiger partial charge in [-0.2, -0.15) is 0 Å². The van der Waals surface area contributed by atoms with Gasteiger partial charge in [0.25, 0.3) is 0 Å². The van der Waals surface area contributed by atoms with Gasteiger partial charge in [0.2, 0.25) is 0 Å². The largest absolute Gasteiger partial charge is 0.394 e. The maximum atomic E-state index is 9.32. The average Bonchev–Trinajstić information content (AvgIpc) is 2.71. The molecule has 0 aromatic heterocycles. The van der Waals surface area contributed by atoms with E-state index in [-0.39, 0.29) is 45.7 Å². The fourth-order valence-electron chi connectivity index (χ4n) is 2.76. The van der Waals surface area contributed by atoms with Crippen molar-refractivity contribution in [2.24, 2.45) is 0 Å². The molecule has 0 radical (unpaired) electrons. The van der Waals surface area contributed by atoms with Crippen molar-refractivity contribution in [3.63, 3.8) is 0 Å². The highest BCUT2D eigenvalue weighted by Crippen LogP contribution is 2.11. The number of hydrogen-bond donors (Lipinski definition) is 4. The van der Waals surface area contributed by atoms with Gasteiger partial charge in [-0.3, -0.25) is 0 Å². The summed E-state index contributed by atoms with van der Waals surface area (Å²) < 4.78 is 16.5. The monoisotopic (exact) mass is 408 g/mol. The van der Waals surface area contributed by atoms with Gasteiger partial charge in [-0.25, -0.2) is 0 Å². The van der Waals surface area contributed by atoms with Crippen molar-refractivity contribution >= 4 is 0 Å². The Morgan fingerprint density at radius 2 is 1.04 bits per heavy atom. The first-order chi connectivity index (χ1) is 13.6. The van der Waals surface area contributed by atoms with Crippen LogP contribution in [0.2, 0.25) is 0 Å². The number of hydrogen-bond acceptors (Lipinski definition) is 7. The zero-order chi connectivity index (χ0) is 20.9. The fourth-order valence-corrected chi connectivity index (χ4v) is 2.76. The molecular weight excluding hydrogens is 364 g/mol. The highest BCUT2D eigenvalue weighted by Gasteiger charge is 2.13. The predicted octanol–water partition coefficient (Wildman–Crippen LogP) is 2.03. The number of rotatable bonds is 22. The van der Waals surface area contributed by atoms with Crippen LogP contribution in [-0.4, -0.2) is 85.0 Å². The van der Waals surface area contributed by atoms with Crippen LogP contribution < -0.4 is 0 Å². The Morgan fingerprint density at radius 1 is 0.607 bits per heavy atom. The van der Waals surface area contributed by atoms with E-state index in [1.165, 1.54) is 51.4 Å². The van der Waals surface area contributed by atoms with Gasteiger partial charge >= 0.3 is 0 Å². The zero-order valence-corrected chi connectivity index (χ0v) is 17.8. The van der Waals surface area contributed by atoms with Crippen LogP contribution in [0.3, 0.4) is 0 Å². The van der Waals surface area contributed by atoms with Gasteiger partial charge in [0.05, 0.1) is 39.6 Å². The van der Waals surface area contributed by atoms with Crippen LogP contribution in [0.1, 0.15) is 71.1 Å². The second-order valence-corrected chi connectivity index (χ2v) is 7.42. The summed E-state index contributed by atoms with van der Waals surface area (Å²) in [4.78, 5) is 0. The maximum absolute atomic E-state index is 9.32. The van der Waals surface area contributed by atoms with Crippen molar-refractivity contribution in [3.8, 4) is 0 Å².